The molecule has 2 aromatic rings. The summed E-state index contributed by atoms with van der Waals surface area (Å²) in [6.45, 7) is 5.96. The lowest BCUT2D eigenvalue weighted by Gasteiger charge is -2.29. The van der Waals surface area contributed by atoms with E-state index in [1.54, 1.807) is 20.8 Å². The Balaban J connectivity index is 1.68. The van der Waals surface area contributed by atoms with Crippen LogP contribution in [-0.2, 0) is 14.3 Å². The first kappa shape index (κ1) is 22.2. The van der Waals surface area contributed by atoms with Gasteiger partial charge < -0.3 is 10.5 Å². The molecule has 0 spiro atoms. The van der Waals surface area contributed by atoms with Crippen molar-refractivity contribution in [2.75, 3.05) is 13.2 Å². The summed E-state index contributed by atoms with van der Waals surface area (Å²) in [7, 11) is 0. The molecule has 0 radical (unpaired) electrons. The van der Waals surface area contributed by atoms with Gasteiger partial charge in [-0.05, 0) is 62.4 Å². The molecule has 0 bridgehead atoms. The molecule has 0 saturated heterocycles. The van der Waals surface area contributed by atoms with Crippen LogP contribution in [0.15, 0.2) is 48.5 Å². The van der Waals surface area contributed by atoms with E-state index in [0.29, 0.717) is 13.0 Å². The first-order valence-electron chi connectivity index (χ1n) is 10.7. The van der Waals surface area contributed by atoms with Crippen molar-refractivity contribution in [3.05, 3.63) is 59.7 Å². The Morgan fingerprint density at radius 1 is 1.03 bits per heavy atom. The Labute approximate surface area is 179 Å². The molecule has 0 amide bonds. The maximum Gasteiger partial charge on any atom is 0.325 e. The topological polar surface area (TPSA) is 81.4 Å². The molecule has 0 fully saturated rings. The third kappa shape index (κ3) is 4.79. The first-order valence-corrected chi connectivity index (χ1v) is 10.7. The number of carbonyl (C=O) groups excluding carboxylic acids is 2. The first-order chi connectivity index (χ1) is 14.3. The maximum atomic E-state index is 12.9. The van der Waals surface area contributed by atoms with E-state index >= 15 is 0 Å². The lowest BCUT2D eigenvalue weighted by molar-refractivity contribution is -0.151. The summed E-state index contributed by atoms with van der Waals surface area (Å²) >= 11 is 0. The molecule has 5 heteroatoms. The second kappa shape index (κ2) is 9.54. The minimum Gasteiger partial charge on any atom is -0.463 e. The van der Waals surface area contributed by atoms with Crippen LogP contribution in [0.5, 0.6) is 0 Å². The summed E-state index contributed by atoms with van der Waals surface area (Å²) in [6, 6.07) is 16.1. The van der Waals surface area contributed by atoms with E-state index in [2.05, 4.69) is 29.6 Å². The average molecular weight is 409 g/mol. The molecular formula is C25H32N2O3. The number of esters is 1. The van der Waals surface area contributed by atoms with Crippen molar-refractivity contribution >= 4 is 11.8 Å². The molecule has 5 nitrogen and oxygen atoms in total. The quantitative estimate of drug-likeness (QED) is 0.462. The van der Waals surface area contributed by atoms with Crippen molar-refractivity contribution in [3.63, 3.8) is 0 Å². The van der Waals surface area contributed by atoms with E-state index in [0.717, 1.165) is 12.8 Å². The molecule has 0 aliphatic heterocycles. The largest absolute Gasteiger partial charge is 0.463 e. The van der Waals surface area contributed by atoms with Crippen LogP contribution in [0.4, 0.5) is 0 Å². The molecule has 0 aromatic heterocycles. The van der Waals surface area contributed by atoms with Gasteiger partial charge >= 0.3 is 5.97 Å². The fourth-order valence-electron chi connectivity index (χ4n) is 4.14. The summed E-state index contributed by atoms with van der Waals surface area (Å²) < 4.78 is 5.78. The number of rotatable bonds is 10. The van der Waals surface area contributed by atoms with Gasteiger partial charge in [0.1, 0.15) is 17.9 Å². The van der Waals surface area contributed by atoms with Gasteiger partial charge in [-0.1, -0.05) is 55.0 Å². The summed E-state index contributed by atoms with van der Waals surface area (Å²) in [5.41, 5.74) is 9.35. The van der Waals surface area contributed by atoms with Crippen LogP contribution in [0.25, 0.3) is 11.1 Å². The molecule has 2 aromatic carbocycles. The van der Waals surface area contributed by atoms with Gasteiger partial charge in [-0.15, -0.1) is 0 Å². The Hall–Kier alpha value is -2.50. The lowest BCUT2D eigenvalue weighted by Crippen LogP contribution is -2.54. The normalized spacial score (nSPS) is 14.1. The second-order valence-electron chi connectivity index (χ2n) is 8.54. The SMILES string of the molecule is CC(=O)[C@H](CCCCN)NC(C)(C)C(=O)OCC1c2ccccc2-c2ccccc21. The van der Waals surface area contributed by atoms with Gasteiger partial charge in [-0.25, -0.2) is 0 Å². The third-order valence-corrected chi connectivity index (χ3v) is 5.83. The number of hydrogen-bond donors (Lipinski definition) is 2. The fraction of sp³-hybridized carbons (Fsp3) is 0.440. The zero-order valence-corrected chi connectivity index (χ0v) is 18.1. The molecule has 30 heavy (non-hydrogen) atoms. The van der Waals surface area contributed by atoms with Crippen molar-refractivity contribution in [1.82, 2.24) is 5.32 Å². The molecule has 1 aliphatic carbocycles. The minimum atomic E-state index is -0.962. The number of hydrogen-bond acceptors (Lipinski definition) is 5. The van der Waals surface area contributed by atoms with Crippen molar-refractivity contribution in [2.45, 2.75) is 57.5 Å². The minimum absolute atomic E-state index is 0.0188. The van der Waals surface area contributed by atoms with Crippen LogP contribution in [-0.4, -0.2) is 36.5 Å². The smallest absolute Gasteiger partial charge is 0.325 e. The fourth-order valence-corrected chi connectivity index (χ4v) is 4.14. The summed E-state index contributed by atoms with van der Waals surface area (Å²) in [6.07, 6.45) is 2.36. The van der Waals surface area contributed by atoms with E-state index in [9.17, 15) is 9.59 Å². The number of unbranched alkanes of at least 4 members (excludes halogenated alkanes) is 1. The van der Waals surface area contributed by atoms with Crippen molar-refractivity contribution < 1.29 is 14.3 Å². The number of ether oxygens (including phenoxy) is 1. The monoisotopic (exact) mass is 408 g/mol. The number of nitrogens with two attached hydrogens (primary N) is 1. The zero-order chi connectivity index (χ0) is 21.7. The number of nitrogens with one attached hydrogen (secondary N) is 1. The molecule has 0 saturated carbocycles. The van der Waals surface area contributed by atoms with Crippen LogP contribution < -0.4 is 11.1 Å². The third-order valence-electron chi connectivity index (χ3n) is 5.83. The van der Waals surface area contributed by atoms with Gasteiger partial charge in [0.25, 0.3) is 0 Å². The number of fused-ring (bicyclic) bond motifs is 3. The summed E-state index contributed by atoms with van der Waals surface area (Å²) in [4.78, 5) is 25.0. The Kier molecular flexibility index (Phi) is 7.06. The predicted octanol–water partition coefficient (Wildman–Crippen LogP) is 3.80. The average Bonchev–Trinajstić information content (AvgIpc) is 3.05. The summed E-state index contributed by atoms with van der Waals surface area (Å²) in [5, 5.41) is 3.20. The van der Waals surface area contributed by atoms with E-state index in [-0.39, 0.29) is 30.3 Å². The number of carbonyl (C=O) groups is 2. The van der Waals surface area contributed by atoms with E-state index in [1.807, 2.05) is 24.3 Å². The highest BCUT2D eigenvalue weighted by molar-refractivity contribution is 5.85. The Bertz CT molecular complexity index is 861. The number of ketones is 1. The van der Waals surface area contributed by atoms with Crippen LogP contribution in [0.1, 0.15) is 57.1 Å². The van der Waals surface area contributed by atoms with Crippen molar-refractivity contribution in [2.24, 2.45) is 5.73 Å². The molecule has 0 heterocycles. The highest BCUT2D eigenvalue weighted by atomic mass is 16.5. The predicted molar refractivity (Wildman–Crippen MR) is 119 cm³/mol. The highest BCUT2D eigenvalue weighted by Gasteiger charge is 2.35. The maximum absolute atomic E-state index is 12.9. The summed E-state index contributed by atoms with van der Waals surface area (Å²) in [5.74, 6) is -0.314. The molecule has 0 unspecified atom stereocenters. The van der Waals surface area contributed by atoms with Gasteiger partial charge in [-0.3, -0.25) is 14.9 Å². The molecule has 3 rings (SSSR count). The standard InChI is InChI=1S/C25H32N2O3/c1-17(28)23(14-8-9-15-26)27-25(2,3)24(29)30-16-22-20-12-6-4-10-18(20)19-11-5-7-13-21(19)22/h4-7,10-13,22-23,27H,8-9,14-16,26H2,1-3H3/t23-/m0/s1. The van der Waals surface area contributed by atoms with Crippen molar-refractivity contribution in [3.8, 4) is 11.1 Å². The Morgan fingerprint density at radius 2 is 1.60 bits per heavy atom. The second-order valence-corrected chi connectivity index (χ2v) is 8.54. The lowest BCUT2D eigenvalue weighted by atomic mass is 9.97. The van der Waals surface area contributed by atoms with Gasteiger partial charge in [0.2, 0.25) is 0 Å². The van der Waals surface area contributed by atoms with Crippen LogP contribution >= 0.6 is 0 Å². The molecule has 1 aliphatic rings. The van der Waals surface area contributed by atoms with Gasteiger partial charge in [-0.2, -0.15) is 0 Å². The van der Waals surface area contributed by atoms with Gasteiger partial charge in [0.15, 0.2) is 0 Å². The molecule has 1 atom stereocenters. The number of Topliss-reactive ketones (excluding diaryl/α,β-unsaturated/α-hetero) is 1. The molecule has 3 N–H and O–H groups in total. The Morgan fingerprint density at radius 3 is 2.13 bits per heavy atom. The van der Waals surface area contributed by atoms with E-state index < -0.39 is 5.54 Å². The van der Waals surface area contributed by atoms with Gasteiger partial charge in [0.05, 0.1) is 6.04 Å². The van der Waals surface area contributed by atoms with Crippen LogP contribution in [0.2, 0.25) is 0 Å². The highest BCUT2D eigenvalue weighted by Crippen LogP contribution is 2.44. The zero-order valence-electron chi connectivity index (χ0n) is 18.1. The van der Waals surface area contributed by atoms with Crippen molar-refractivity contribution in [1.29, 1.82) is 0 Å². The number of benzene rings is 2. The van der Waals surface area contributed by atoms with E-state index in [4.69, 9.17) is 10.5 Å². The van der Waals surface area contributed by atoms with E-state index in [1.165, 1.54) is 22.3 Å². The molecule has 160 valence electrons. The van der Waals surface area contributed by atoms with Gasteiger partial charge in [0, 0.05) is 5.92 Å². The molecular weight excluding hydrogens is 376 g/mol. The van der Waals surface area contributed by atoms with Crippen LogP contribution in [0, 0.1) is 0 Å². The van der Waals surface area contributed by atoms with Crippen LogP contribution in [0.3, 0.4) is 0 Å².